The van der Waals surface area contributed by atoms with Crippen LogP contribution >= 0.6 is 11.8 Å². The van der Waals surface area contributed by atoms with E-state index in [0.29, 0.717) is 5.56 Å². The predicted octanol–water partition coefficient (Wildman–Crippen LogP) is 4.55. The van der Waals surface area contributed by atoms with E-state index in [1.807, 2.05) is 60.7 Å². The Morgan fingerprint density at radius 2 is 1.81 bits per heavy atom. The molecule has 0 radical (unpaired) electrons. The first kappa shape index (κ1) is 16.7. The second-order valence-electron chi connectivity index (χ2n) is 6.05. The molecule has 1 aliphatic heterocycles. The molecule has 2 amide bonds. The number of thioether (sulfide) groups is 1. The maximum absolute atomic E-state index is 12.8. The summed E-state index contributed by atoms with van der Waals surface area (Å²) in [6.45, 7) is 2.07. The van der Waals surface area contributed by atoms with E-state index in [9.17, 15) is 9.59 Å². The Morgan fingerprint density at radius 1 is 1.04 bits per heavy atom. The van der Waals surface area contributed by atoms with Crippen molar-refractivity contribution < 1.29 is 9.59 Å². The molecule has 0 aromatic heterocycles. The Bertz CT molecular complexity index is 1010. The molecule has 0 spiro atoms. The molecule has 0 bridgehead atoms. The van der Waals surface area contributed by atoms with Gasteiger partial charge in [-0.25, -0.2) is 0 Å². The van der Waals surface area contributed by atoms with Gasteiger partial charge in [-0.15, -0.1) is 11.8 Å². The van der Waals surface area contributed by atoms with Crippen molar-refractivity contribution in [2.24, 2.45) is 0 Å². The van der Waals surface area contributed by atoms with Crippen LogP contribution in [0.4, 0.5) is 11.4 Å². The average molecular weight is 362 g/mol. The Labute approximate surface area is 156 Å². The summed E-state index contributed by atoms with van der Waals surface area (Å²) in [4.78, 5) is 28.0. The Balaban J connectivity index is 1.58. The minimum absolute atomic E-state index is 0.00223. The second kappa shape index (κ2) is 6.84. The van der Waals surface area contributed by atoms with Crippen LogP contribution in [-0.2, 0) is 4.79 Å². The van der Waals surface area contributed by atoms with Crippen molar-refractivity contribution in [1.82, 2.24) is 0 Å². The van der Waals surface area contributed by atoms with Crippen LogP contribution in [0.5, 0.6) is 0 Å². The largest absolute Gasteiger partial charge is 0.324 e. The van der Waals surface area contributed by atoms with Crippen molar-refractivity contribution in [3.8, 4) is 0 Å². The standard InChI is InChI=1S/C21H18N2O2S/c1-2-26-18-12-4-3-10-16(18)22-19(24)13-23-17-11-6-8-14-7-5-9-15(20(14)17)21(23)25/h3-12H,2,13H2,1H3,(H,22,24). The third-order valence-corrected chi connectivity index (χ3v) is 5.37. The van der Waals surface area contributed by atoms with Crippen LogP contribution < -0.4 is 10.2 Å². The van der Waals surface area contributed by atoms with Gasteiger partial charge in [0.1, 0.15) is 6.54 Å². The molecule has 0 unspecified atom stereocenters. The third-order valence-electron chi connectivity index (χ3n) is 4.41. The summed E-state index contributed by atoms with van der Waals surface area (Å²) in [5.41, 5.74) is 2.24. The first-order chi connectivity index (χ1) is 12.7. The summed E-state index contributed by atoms with van der Waals surface area (Å²) < 4.78 is 0. The summed E-state index contributed by atoms with van der Waals surface area (Å²) in [6.07, 6.45) is 0. The van der Waals surface area contributed by atoms with Gasteiger partial charge in [0.2, 0.25) is 5.91 Å². The fraction of sp³-hybridized carbons (Fsp3) is 0.143. The smallest absolute Gasteiger partial charge is 0.259 e. The van der Waals surface area contributed by atoms with Crippen molar-refractivity contribution >= 4 is 45.7 Å². The first-order valence-corrected chi connectivity index (χ1v) is 9.53. The number of hydrogen-bond donors (Lipinski definition) is 1. The molecule has 1 aliphatic rings. The van der Waals surface area contributed by atoms with Gasteiger partial charge in [-0.3, -0.25) is 14.5 Å². The van der Waals surface area contributed by atoms with Crippen molar-refractivity contribution in [1.29, 1.82) is 0 Å². The molecule has 130 valence electrons. The predicted molar refractivity (Wildman–Crippen MR) is 107 cm³/mol. The van der Waals surface area contributed by atoms with Gasteiger partial charge in [0.05, 0.1) is 11.4 Å². The van der Waals surface area contributed by atoms with Crippen LogP contribution in [0.1, 0.15) is 17.3 Å². The topological polar surface area (TPSA) is 49.4 Å². The van der Waals surface area contributed by atoms with Gasteiger partial charge in [-0.05, 0) is 35.4 Å². The number of nitrogens with zero attached hydrogens (tertiary/aromatic N) is 1. The van der Waals surface area contributed by atoms with Gasteiger partial charge in [-0.1, -0.05) is 43.3 Å². The lowest BCUT2D eigenvalue weighted by Gasteiger charge is -2.18. The SMILES string of the molecule is CCSc1ccccc1NC(=O)CN1C(=O)c2cccc3cccc1c23. The lowest BCUT2D eigenvalue weighted by Crippen LogP contribution is -2.35. The Kier molecular flexibility index (Phi) is 4.39. The van der Waals surface area contributed by atoms with Crippen LogP contribution in [0.2, 0.25) is 0 Å². The monoisotopic (exact) mass is 362 g/mol. The van der Waals surface area contributed by atoms with Crippen LogP contribution in [0, 0.1) is 0 Å². The molecule has 0 fully saturated rings. The van der Waals surface area contributed by atoms with Crippen molar-refractivity contribution in [3.63, 3.8) is 0 Å². The van der Waals surface area contributed by atoms with Crippen LogP contribution in [0.15, 0.2) is 65.6 Å². The quantitative estimate of drug-likeness (QED) is 0.678. The molecule has 1 N–H and O–H groups in total. The van der Waals surface area contributed by atoms with Gasteiger partial charge in [-0.2, -0.15) is 0 Å². The summed E-state index contributed by atoms with van der Waals surface area (Å²) >= 11 is 1.68. The molecule has 4 nitrogen and oxygen atoms in total. The molecule has 0 saturated carbocycles. The highest BCUT2D eigenvalue weighted by Gasteiger charge is 2.30. The molecule has 5 heteroatoms. The fourth-order valence-corrected chi connectivity index (χ4v) is 4.08. The summed E-state index contributed by atoms with van der Waals surface area (Å²) in [5.74, 6) is 0.602. The third kappa shape index (κ3) is 2.84. The maximum atomic E-state index is 12.8. The number of nitrogens with one attached hydrogen (secondary N) is 1. The summed E-state index contributed by atoms with van der Waals surface area (Å²) in [5, 5.41) is 4.89. The van der Waals surface area contributed by atoms with E-state index < -0.39 is 0 Å². The summed E-state index contributed by atoms with van der Waals surface area (Å²) in [7, 11) is 0. The maximum Gasteiger partial charge on any atom is 0.259 e. The minimum atomic E-state index is -0.202. The Morgan fingerprint density at radius 3 is 2.62 bits per heavy atom. The van der Waals surface area contributed by atoms with Gasteiger partial charge >= 0.3 is 0 Å². The van der Waals surface area contributed by atoms with Gasteiger partial charge in [0.15, 0.2) is 0 Å². The molecule has 1 heterocycles. The van der Waals surface area contributed by atoms with E-state index in [4.69, 9.17) is 0 Å². The molecule has 3 aromatic carbocycles. The zero-order chi connectivity index (χ0) is 18.1. The average Bonchev–Trinajstić information content (AvgIpc) is 2.92. The van der Waals surface area contributed by atoms with Gasteiger partial charge in [0.25, 0.3) is 5.91 Å². The number of anilines is 2. The number of rotatable bonds is 5. The van der Waals surface area contributed by atoms with E-state index in [2.05, 4.69) is 12.2 Å². The molecule has 3 aromatic rings. The lowest BCUT2D eigenvalue weighted by atomic mass is 10.1. The Hall–Kier alpha value is -2.79. The lowest BCUT2D eigenvalue weighted by molar-refractivity contribution is -0.114. The number of carbonyl (C=O) groups is 2. The summed E-state index contributed by atoms with van der Waals surface area (Å²) in [6, 6.07) is 19.2. The van der Waals surface area contributed by atoms with E-state index in [0.717, 1.165) is 32.8 Å². The van der Waals surface area contributed by atoms with E-state index in [-0.39, 0.29) is 18.4 Å². The number of carbonyl (C=O) groups excluding carboxylic acids is 2. The molecule has 0 aliphatic carbocycles. The fourth-order valence-electron chi connectivity index (χ4n) is 3.32. The zero-order valence-electron chi connectivity index (χ0n) is 14.4. The number of hydrogen-bond acceptors (Lipinski definition) is 3. The first-order valence-electron chi connectivity index (χ1n) is 8.54. The van der Waals surface area contributed by atoms with E-state index >= 15 is 0 Å². The minimum Gasteiger partial charge on any atom is -0.324 e. The molecule has 0 atom stereocenters. The number of amides is 2. The molecule has 4 rings (SSSR count). The van der Waals surface area contributed by atoms with E-state index in [1.165, 1.54) is 0 Å². The normalized spacial score (nSPS) is 12.7. The van der Waals surface area contributed by atoms with Crippen molar-refractivity contribution in [3.05, 3.63) is 66.2 Å². The van der Waals surface area contributed by atoms with Gasteiger partial charge in [0, 0.05) is 15.8 Å². The number of benzene rings is 3. The van der Waals surface area contributed by atoms with Crippen LogP contribution in [-0.4, -0.2) is 24.1 Å². The number of para-hydroxylation sites is 1. The highest BCUT2D eigenvalue weighted by atomic mass is 32.2. The van der Waals surface area contributed by atoms with Crippen molar-refractivity contribution in [2.75, 3.05) is 22.5 Å². The van der Waals surface area contributed by atoms with Gasteiger partial charge < -0.3 is 5.32 Å². The van der Waals surface area contributed by atoms with Crippen LogP contribution in [0.25, 0.3) is 10.8 Å². The molecule has 0 saturated heterocycles. The molecular weight excluding hydrogens is 344 g/mol. The highest BCUT2D eigenvalue weighted by molar-refractivity contribution is 7.99. The molecule has 26 heavy (non-hydrogen) atoms. The van der Waals surface area contributed by atoms with E-state index in [1.54, 1.807) is 16.7 Å². The van der Waals surface area contributed by atoms with Crippen LogP contribution in [0.3, 0.4) is 0 Å². The second-order valence-corrected chi connectivity index (χ2v) is 7.36. The zero-order valence-corrected chi connectivity index (χ0v) is 15.2. The highest BCUT2D eigenvalue weighted by Crippen LogP contribution is 2.37. The van der Waals surface area contributed by atoms with Crippen molar-refractivity contribution in [2.45, 2.75) is 11.8 Å². The molecular formula is C21H18N2O2S.